The summed E-state index contributed by atoms with van der Waals surface area (Å²) in [5.74, 6) is 1.05. The van der Waals surface area contributed by atoms with Crippen molar-refractivity contribution in [2.45, 2.75) is 19.8 Å². The summed E-state index contributed by atoms with van der Waals surface area (Å²) in [6, 6.07) is 1.80. The van der Waals surface area contributed by atoms with E-state index < -0.39 is 0 Å². The topological polar surface area (TPSA) is 37.8 Å². The largest absolute Gasteiger partial charge is 0.315 e. The fourth-order valence-electron chi connectivity index (χ4n) is 1.22. The molecule has 2 aromatic rings. The Morgan fingerprint density at radius 3 is 2.82 bits per heavy atom. The van der Waals surface area contributed by atoms with Crippen molar-refractivity contribution in [2.24, 2.45) is 0 Å². The van der Waals surface area contributed by atoms with E-state index in [2.05, 4.69) is 45.1 Å². The molecule has 0 atom stereocenters. The molecule has 0 aromatic carbocycles. The number of halogens is 2. The smallest absolute Gasteiger partial charge is 0.188 e. The van der Waals surface area contributed by atoms with Gasteiger partial charge in [0, 0.05) is 16.0 Å². The van der Waals surface area contributed by atoms with Gasteiger partial charge in [0.15, 0.2) is 10.9 Å². The molecule has 2 heterocycles. The summed E-state index contributed by atoms with van der Waals surface area (Å²) in [4.78, 5) is 8.67. The molecule has 0 aliphatic carbocycles. The molecule has 0 bridgehead atoms. The lowest BCUT2D eigenvalue weighted by Gasteiger charge is -2.04. The van der Waals surface area contributed by atoms with Crippen LogP contribution in [0.15, 0.2) is 22.1 Å². The first-order chi connectivity index (χ1) is 8.06. The Morgan fingerprint density at radius 1 is 1.47 bits per heavy atom. The average molecular weight is 333 g/mol. The maximum Gasteiger partial charge on any atom is 0.188 e. The third-order valence-corrected chi connectivity index (χ3v) is 3.64. The van der Waals surface area contributed by atoms with Crippen LogP contribution >= 0.6 is 38.9 Å². The van der Waals surface area contributed by atoms with E-state index in [4.69, 9.17) is 11.6 Å². The van der Waals surface area contributed by atoms with Gasteiger partial charge in [-0.1, -0.05) is 25.4 Å². The van der Waals surface area contributed by atoms with Crippen molar-refractivity contribution in [3.05, 3.63) is 32.8 Å². The van der Waals surface area contributed by atoms with Crippen molar-refractivity contribution in [2.75, 3.05) is 5.32 Å². The monoisotopic (exact) mass is 331 g/mol. The van der Waals surface area contributed by atoms with Crippen molar-refractivity contribution < 1.29 is 0 Å². The minimum absolute atomic E-state index is 0.426. The van der Waals surface area contributed by atoms with Crippen LogP contribution < -0.4 is 5.32 Å². The standard InChI is InChI=1S/C11H11BrClN3S/c1-6(2)9-5-17-11(15-9)16-10-8(13)3-7(12)4-14-10/h3-6H,1-2H3,(H,14,15,16). The predicted molar refractivity (Wildman–Crippen MR) is 76.4 cm³/mol. The maximum atomic E-state index is 6.07. The van der Waals surface area contributed by atoms with Crippen LogP contribution in [0.25, 0.3) is 0 Å². The van der Waals surface area contributed by atoms with E-state index in [1.165, 1.54) is 0 Å². The molecule has 6 heteroatoms. The molecule has 0 saturated carbocycles. The van der Waals surface area contributed by atoms with Crippen LogP contribution in [0.4, 0.5) is 10.9 Å². The summed E-state index contributed by atoms with van der Waals surface area (Å²) in [6.07, 6.45) is 1.70. The zero-order valence-electron chi connectivity index (χ0n) is 9.37. The van der Waals surface area contributed by atoms with E-state index in [0.29, 0.717) is 16.8 Å². The number of rotatable bonds is 3. The van der Waals surface area contributed by atoms with Crippen LogP contribution in [0, 0.1) is 0 Å². The van der Waals surface area contributed by atoms with E-state index in [9.17, 15) is 0 Å². The van der Waals surface area contributed by atoms with Crippen molar-refractivity contribution in [3.8, 4) is 0 Å². The highest BCUT2D eigenvalue weighted by Crippen LogP contribution is 2.28. The third-order valence-electron chi connectivity index (χ3n) is 2.15. The molecule has 0 spiro atoms. The van der Waals surface area contributed by atoms with Gasteiger partial charge in [0.25, 0.3) is 0 Å². The first-order valence-electron chi connectivity index (χ1n) is 5.09. The fourth-order valence-corrected chi connectivity index (χ4v) is 2.76. The second-order valence-electron chi connectivity index (χ2n) is 3.84. The van der Waals surface area contributed by atoms with Gasteiger partial charge in [-0.15, -0.1) is 11.3 Å². The van der Waals surface area contributed by atoms with E-state index in [1.807, 2.05) is 5.38 Å². The first kappa shape index (κ1) is 12.8. The molecule has 90 valence electrons. The van der Waals surface area contributed by atoms with Gasteiger partial charge in [0.1, 0.15) is 0 Å². The Bertz CT molecular complexity index is 527. The van der Waals surface area contributed by atoms with E-state index in [0.717, 1.165) is 15.3 Å². The zero-order chi connectivity index (χ0) is 12.4. The molecule has 0 amide bonds. The Hall–Kier alpha value is -0.650. The van der Waals surface area contributed by atoms with Gasteiger partial charge in [-0.05, 0) is 27.9 Å². The molecule has 0 unspecified atom stereocenters. The second-order valence-corrected chi connectivity index (χ2v) is 6.02. The minimum Gasteiger partial charge on any atom is -0.315 e. The van der Waals surface area contributed by atoms with Gasteiger partial charge in [-0.2, -0.15) is 0 Å². The lowest BCUT2D eigenvalue weighted by atomic mass is 10.2. The van der Waals surface area contributed by atoms with Gasteiger partial charge in [0.05, 0.1) is 10.7 Å². The summed E-state index contributed by atoms with van der Waals surface area (Å²) in [6.45, 7) is 4.23. The molecule has 3 nitrogen and oxygen atoms in total. The number of pyridine rings is 1. The molecular weight excluding hydrogens is 322 g/mol. The van der Waals surface area contributed by atoms with E-state index in [1.54, 1.807) is 23.6 Å². The number of nitrogens with one attached hydrogen (secondary N) is 1. The number of hydrogen-bond donors (Lipinski definition) is 1. The molecule has 0 aliphatic heterocycles. The van der Waals surface area contributed by atoms with Crippen molar-refractivity contribution in [1.29, 1.82) is 0 Å². The zero-order valence-corrected chi connectivity index (χ0v) is 12.5. The van der Waals surface area contributed by atoms with Crippen LogP contribution in [0.2, 0.25) is 5.02 Å². The highest BCUT2D eigenvalue weighted by molar-refractivity contribution is 9.10. The van der Waals surface area contributed by atoms with Crippen LogP contribution in [0.5, 0.6) is 0 Å². The summed E-state index contributed by atoms with van der Waals surface area (Å²) in [7, 11) is 0. The average Bonchev–Trinajstić information content (AvgIpc) is 2.71. The Labute approximate surface area is 117 Å². The molecule has 0 aliphatic rings. The molecule has 17 heavy (non-hydrogen) atoms. The van der Waals surface area contributed by atoms with Crippen molar-refractivity contribution >= 4 is 49.8 Å². The number of aromatic nitrogens is 2. The lowest BCUT2D eigenvalue weighted by molar-refractivity contribution is 0.834. The van der Waals surface area contributed by atoms with Crippen LogP contribution in [-0.4, -0.2) is 9.97 Å². The van der Waals surface area contributed by atoms with Gasteiger partial charge < -0.3 is 5.32 Å². The molecule has 0 radical (unpaired) electrons. The van der Waals surface area contributed by atoms with Crippen LogP contribution in [0.3, 0.4) is 0 Å². The predicted octanol–water partition coefficient (Wildman–Crippen LogP) is 4.82. The van der Waals surface area contributed by atoms with Crippen molar-refractivity contribution in [3.63, 3.8) is 0 Å². The number of hydrogen-bond acceptors (Lipinski definition) is 4. The quantitative estimate of drug-likeness (QED) is 0.875. The summed E-state index contributed by atoms with van der Waals surface area (Å²) >= 11 is 10.9. The highest BCUT2D eigenvalue weighted by Gasteiger charge is 2.08. The second kappa shape index (κ2) is 5.33. The molecule has 2 rings (SSSR count). The summed E-state index contributed by atoms with van der Waals surface area (Å²) < 4.78 is 0.857. The molecular formula is C11H11BrClN3S. The van der Waals surface area contributed by atoms with Gasteiger partial charge in [-0.25, -0.2) is 9.97 Å². The summed E-state index contributed by atoms with van der Waals surface area (Å²) in [5.41, 5.74) is 1.07. The molecule has 0 fully saturated rings. The fraction of sp³-hybridized carbons (Fsp3) is 0.273. The highest BCUT2D eigenvalue weighted by atomic mass is 79.9. The normalized spacial score (nSPS) is 10.9. The maximum absolute atomic E-state index is 6.07. The number of anilines is 2. The van der Waals surface area contributed by atoms with E-state index in [-0.39, 0.29) is 0 Å². The van der Waals surface area contributed by atoms with Gasteiger partial charge in [0.2, 0.25) is 0 Å². The van der Waals surface area contributed by atoms with Crippen LogP contribution in [0.1, 0.15) is 25.5 Å². The Kier molecular flexibility index (Phi) is 4.01. The first-order valence-corrected chi connectivity index (χ1v) is 7.15. The number of nitrogens with zero attached hydrogens (tertiary/aromatic N) is 2. The SMILES string of the molecule is CC(C)c1csc(Nc2ncc(Br)cc2Cl)n1. The molecule has 1 N–H and O–H groups in total. The van der Waals surface area contributed by atoms with Gasteiger partial charge in [-0.3, -0.25) is 0 Å². The minimum atomic E-state index is 0.426. The lowest BCUT2D eigenvalue weighted by Crippen LogP contribution is -1.95. The van der Waals surface area contributed by atoms with E-state index >= 15 is 0 Å². The van der Waals surface area contributed by atoms with Crippen LogP contribution in [-0.2, 0) is 0 Å². The summed E-state index contributed by atoms with van der Waals surface area (Å²) in [5, 5.41) is 6.54. The van der Waals surface area contributed by atoms with Crippen molar-refractivity contribution in [1.82, 2.24) is 9.97 Å². The third kappa shape index (κ3) is 3.18. The number of thiazole rings is 1. The Morgan fingerprint density at radius 2 is 2.24 bits per heavy atom. The Balaban J connectivity index is 2.19. The molecule has 0 saturated heterocycles. The molecule has 2 aromatic heterocycles. The van der Waals surface area contributed by atoms with Gasteiger partial charge >= 0.3 is 0 Å².